The van der Waals surface area contributed by atoms with Gasteiger partial charge in [-0.15, -0.1) is 0 Å². The molecular formula is C59H71N7O15. The smallest absolute Gasteiger partial charge is 0.329 e. The average molecular weight is 1120 g/mol. The van der Waals surface area contributed by atoms with Crippen LogP contribution in [0.4, 0.5) is 11.4 Å². The van der Waals surface area contributed by atoms with Gasteiger partial charge in [-0.3, -0.25) is 38.9 Å². The van der Waals surface area contributed by atoms with Gasteiger partial charge in [0.05, 0.1) is 39.8 Å². The van der Waals surface area contributed by atoms with E-state index in [2.05, 4.69) is 26.2 Å². The number of rotatable bonds is 27. The molecule has 0 bridgehead atoms. The van der Waals surface area contributed by atoms with Gasteiger partial charge in [-0.25, -0.2) is 4.79 Å². The van der Waals surface area contributed by atoms with Crippen LogP contribution < -0.4 is 44.4 Å². The molecule has 0 spiro atoms. The molecule has 4 aromatic carbocycles. The Balaban J connectivity index is 0.875. The maximum atomic E-state index is 14.1. The van der Waals surface area contributed by atoms with Crippen molar-refractivity contribution < 1.29 is 71.5 Å². The SMILES string of the molecule is CCC(C)(C)C(=O)C(=O)N1CCCC[C@H]1C(=O)O[C@H](CCc1ccc(OC)c(OC)c1)c1cccc(OCC(=O)NCCCCNC(=O)COc2c(OC)cc(/N=N\c3cccc4c3CN(C3CCC(=O)NC3=O)C4=O)cc2OC)c1. The lowest BCUT2D eigenvalue weighted by Crippen LogP contribution is -2.53. The molecule has 22 heteroatoms. The molecule has 0 radical (unpaired) electrons. The van der Waals surface area contributed by atoms with E-state index in [1.807, 2.05) is 19.1 Å². The number of hydrogen-bond acceptors (Lipinski definition) is 17. The highest BCUT2D eigenvalue weighted by Gasteiger charge is 2.42. The number of benzene rings is 4. The standard InChI is InChI=1S/C59H71N7O15/c1-8-59(2,3)54(70)57(73)65-28-12-9-19-44(65)58(74)81-45(23-20-36-21-24-46(75-4)47(29-36)76-5)37-15-13-16-39(30-37)79-34-51(68)60-26-10-11-27-61-52(69)35-80-53-48(77-6)31-38(32-49(53)78-7)63-64-42-18-14-17-40-41(42)33-66(56(40)72)43-22-25-50(67)62-55(43)71/h13-18,21,24,29-32,43-45H,8-12,19-20,22-23,25-28,33-35H2,1-7H3,(H,60,68)(H,61,69)(H,62,67,71)/b64-63-/t43?,44-,45+/m0/s1. The van der Waals surface area contributed by atoms with Crippen molar-refractivity contribution in [2.45, 2.75) is 110 Å². The monoisotopic (exact) mass is 1120 g/mol. The molecule has 3 heterocycles. The maximum Gasteiger partial charge on any atom is 0.329 e. The quantitative estimate of drug-likeness (QED) is 0.0179. The zero-order chi connectivity index (χ0) is 58.2. The van der Waals surface area contributed by atoms with Gasteiger partial charge < -0.3 is 53.6 Å². The first-order valence-corrected chi connectivity index (χ1v) is 27.1. The van der Waals surface area contributed by atoms with Crippen molar-refractivity contribution in [2.24, 2.45) is 15.6 Å². The molecule has 0 aromatic heterocycles. The normalized spacial score (nSPS) is 16.5. The van der Waals surface area contributed by atoms with Crippen molar-refractivity contribution in [3.8, 4) is 34.5 Å². The Morgan fingerprint density at radius 1 is 0.765 bits per heavy atom. The van der Waals surface area contributed by atoms with E-state index in [1.54, 1.807) is 88.7 Å². The molecule has 4 aromatic rings. The number of hydrogen-bond donors (Lipinski definition) is 3. The summed E-state index contributed by atoms with van der Waals surface area (Å²) in [6.45, 7) is 5.65. The van der Waals surface area contributed by atoms with Crippen LogP contribution >= 0.6 is 0 Å². The summed E-state index contributed by atoms with van der Waals surface area (Å²) in [5.41, 5.74) is 2.36. The van der Waals surface area contributed by atoms with Crippen LogP contribution in [-0.4, -0.2) is 130 Å². The summed E-state index contributed by atoms with van der Waals surface area (Å²) < 4.78 is 40.0. The van der Waals surface area contributed by atoms with Crippen LogP contribution in [0.15, 0.2) is 83.0 Å². The average Bonchev–Trinajstić information content (AvgIpc) is 3.92. The number of imide groups is 1. The van der Waals surface area contributed by atoms with Gasteiger partial charge in [-0.2, -0.15) is 10.2 Å². The fraction of sp³-hybridized carbons (Fsp3) is 0.458. The third-order valence-electron chi connectivity index (χ3n) is 14.6. The van der Waals surface area contributed by atoms with Crippen molar-refractivity contribution in [2.75, 3.05) is 61.3 Å². The molecule has 22 nitrogen and oxygen atoms in total. The second kappa shape index (κ2) is 28.0. The minimum Gasteiger partial charge on any atom is -0.493 e. The number of ketones is 1. The number of amides is 6. The summed E-state index contributed by atoms with van der Waals surface area (Å²) in [6, 6.07) is 18.9. The number of fused-ring (bicyclic) bond motifs is 1. The summed E-state index contributed by atoms with van der Waals surface area (Å²) >= 11 is 0. The van der Waals surface area contributed by atoms with Crippen LogP contribution in [0.2, 0.25) is 0 Å². The number of aryl methyl sites for hydroxylation is 1. The number of carbonyl (C=O) groups excluding carboxylic acids is 8. The van der Waals surface area contributed by atoms with E-state index in [4.69, 9.17) is 33.2 Å². The van der Waals surface area contributed by atoms with Gasteiger partial charge in [0, 0.05) is 61.3 Å². The Hall–Kier alpha value is -8.56. The highest BCUT2D eigenvalue weighted by Crippen LogP contribution is 2.42. The minimum atomic E-state index is -0.928. The van der Waals surface area contributed by atoms with Crippen LogP contribution in [0.3, 0.4) is 0 Å². The summed E-state index contributed by atoms with van der Waals surface area (Å²) in [6.07, 6.45) is 3.66. The second-order valence-electron chi connectivity index (χ2n) is 20.4. The zero-order valence-corrected chi connectivity index (χ0v) is 46.9. The molecule has 432 valence electrons. The lowest BCUT2D eigenvalue weighted by molar-refractivity contribution is -0.164. The fourth-order valence-electron chi connectivity index (χ4n) is 9.59. The first-order chi connectivity index (χ1) is 39.0. The Kier molecular flexibility index (Phi) is 20.8. The van der Waals surface area contributed by atoms with Crippen LogP contribution in [0.1, 0.15) is 112 Å². The highest BCUT2D eigenvalue weighted by atomic mass is 16.6. The number of methoxy groups -OCH3 is 4. The predicted molar refractivity (Wildman–Crippen MR) is 294 cm³/mol. The minimum absolute atomic E-state index is 0.121. The van der Waals surface area contributed by atoms with Gasteiger partial charge in [-0.05, 0) is 105 Å². The van der Waals surface area contributed by atoms with E-state index < -0.39 is 53.1 Å². The molecule has 3 aliphatic rings. The molecule has 0 saturated carbocycles. The lowest BCUT2D eigenvalue weighted by Gasteiger charge is -2.36. The Labute approximate surface area is 470 Å². The molecule has 3 atom stereocenters. The van der Waals surface area contributed by atoms with Crippen molar-refractivity contribution in [3.63, 3.8) is 0 Å². The molecule has 0 aliphatic carbocycles. The van der Waals surface area contributed by atoms with Crippen LogP contribution in [-0.2, 0) is 51.3 Å². The van der Waals surface area contributed by atoms with Crippen molar-refractivity contribution in [3.05, 3.63) is 95.1 Å². The van der Waals surface area contributed by atoms with Crippen molar-refractivity contribution >= 4 is 58.6 Å². The topological polar surface area (TPSA) is 268 Å². The third kappa shape index (κ3) is 15.2. The van der Waals surface area contributed by atoms with Crippen molar-refractivity contribution in [1.29, 1.82) is 0 Å². The molecule has 7 rings (SSSR count). The van der Waals surface area contributed by atoms with Gasteiger partial charge in [0.1, 0.15) is 23.9 Å². The van der Waals surface area contributed by atoms with E-state index >= 15 is 0 Å². The summed E-state index contributed by atoms with van der Waals surface area (Å²) in [4.78, 5) is 107. The number of esters is 1. The van der Waals surface area contributed by atoms with Crippen LogP contribution in [0.25, 0.3) is 0 Å². The number of nitrogens with one attached hydrogen (secondary N) is 3. The summed E-state index contributed by atoms with van der Waals surface area (Å²) in [5.74, 6) is -1.74. The number of azo groups is 1. The number of Topliss-reactive ketones (excluding diaryl/α,β-unsaturated/α-hetero) is 1. The fourth-order valence-corrected chi connectivity index (χ4v) is 9.59. The molecule has 2 fully saturated rings. The van der Waals surface area contributed by atoms with Gasteiger partial charge in [0.15, 0.2) is 36.2 Å². The van der Waals surface area contributed by atoms with E-state index in [0.717, 1.165) is 5.56 Å². The van der Waals surface area contributed by atoms with E-state index in [1.165, 1.54) is 24.0 Å². The maximum absolute atomic E-state index is 14.1. The third-order valence-corrected chi connectivity index (χ3v) is 14.6. The zero-order valence-electron chi connectivity index (χ0n) is 46.9. The van der Waals surface area contributed by atoms with Crippen molar-refractivity contribution in [1.82, 2.24) is 25.8 Å². The molecule has 1 unspecified atom stereocenters. The number of carbonyl (C=O) groups is 8. The Morgan fingerprint density at radius 2 is 1.44 bits per heavy atom. The van der Waals surface area contributed by atoms with E-state index in [9.17, 15) is 38.4 Å². The largest absolute Gasteiger partial charge is 0.493 e. The first-order valence-electron chi connectivity index (χ1n) is 27.1. The van der Waals surface area contributed by atoms with Gasteiger partial charge >= 0.3 is 5.97 Å². The highest BCUT2D eigenvalue weighted by molar-refractivity contribution is 6.38. The molecule has 3 aliphatic heterocycles. The molecule has 3 N–H and O–H groups in total. The first kappa shape index (κ1) is 60.1. The van der Waals surface area contributed by atoms with Crippen LogP contribution in [0.5, 0.6) is 34.5 Å². The number of ether oxygens (including phenoxy) is 7. The predicted octanol–water partition coefficient (Wildman–Crippen LogP) is 6.97. The van der Waals surface area contributed by atoms with Crippen LogP contribution in [0, 0.1) is 5.41 Å². The van der Waals surface area contributed by atoms with E-state index in [-0.39, 0.29) is 74.1 Å². The van der Waals surface area contributed by atoms with Gasteiger partial charge in [-0.1, -0.05) is 45.0 Å². The number of likely N-dealkylation sites (tertiary alicyclic amines) is 1. The molecule has 2 saturated heterocycles. The summed E-state index contributed by atoms with van der Waals surface area (Å²) in [7, 11) is 5.95. The number of unbranched alkanes of at least 4 members (excludes halogenated alkanes) is 1. The van der Waals surface area contributed by atoms with Gasteiger partial charge in [0.2, 0.25) is 23.3 Å². The molecule has 81 heavy (non-hydrogen) atoms. The Morgan fingerprint density at radius 3 is 2.11 bits per heavy atom. The number of piperidine rings is 2. The summed E-state index contributed by atoms with van der Waals surface area (Å²) in [5, 5.41) is 16.7. The van der Waals surface area contributed by atoms with Gasteiger partial charge in [0.25, 0.3) is 23.6 Å². The lowest BCUT2D eigenvalue weighted by atomic mass is 9.84. The Bertz CT molecular complexity index is 2990. The molecule has 6 amide bonds. The molecular weight excluding hydrogens is 1050 g/mol. The van der Waals surface area contributed by atoms with E-state index in [0.29, 0.717) is 110 Å². The second-order valence-corrected chi connectivity index (χ2v) is 20.4. The number of nitrogens with zero attached hydrogens (tertiary/aromatic N) is 4.